The Morgan fingerprint density at radius 2 is 1.38 bits per heavy atom. The van der Waals surface area contributed by atoms with Crippen LogP contribution >= 0.6 is 0 Å². The summed E-state index contributed by atoms with van der Waals surface area (Å²) in [6, 6.07) is 4.08. The molecule has 0 atom stereocenters. The van der Waals surface area contributed by atoms with Crippen molar-refractivity contribution in [3.63, 3.8) is 0 Å². The number of pyridine rings is 1. The molecule has 5 nitrogen and oxygen atoms in total. The van der Waals surface area contributed by atoms with Crippen molar-refractivity contribution < 1.29 is 0 Å². The zero-order chi connectivity index (χ0) is 15.4. The molecule has 0 spiro atoms. The van der Waals surface area contributed by atoms with Crippen LogP contribution < -0.4 is 10.6 Å². The lowest BCUT2D eigenvalue weighted by atomic mass is 10.2. The number of anilines is 2. The summed E-state index contributed by atoms with van der Waals surface area (Å²) in [7, 11) is 0. The molecular formula is C16H23N5. The number of nitrogens with one attached hydrogen (secondary N) is 2. The van der Waals surface area contributed by atoms with E-state index in [4.69, 9.17) is 0 Å². The lowest BCUT2D eigenvalue weighted by Crippen LogP contribution is -2.16. The Morgan fingerprint density at radius 3 is 2.00 bits per heavy atom. The van der Waals surface area contributed by atoms with Crippen molar-refractivity contribution in [2.45, 2.75) is 34.6 Å². The molecule has 2 aromatic heterocycles. The van der Waals surface area contributed by atoms with Gasteiger partial charge in [0.25, 0.3) is 0 Å². The molecular weight excluding hydrogens is 262 g/mol. The minimum atomic E-state index is 0.686. The van der Waals surface area contributed by atoms with Gasteiger partial charge in [0.1, 0.15) is 5.82 Å². The first-order valence-electron chi connectivity index (χ1n) is 7.21. The summed E-state index contributed by atoms with van der Waals surface area (Å²) in [4.78, 5) is 13.4. The van der Waals surface area contributed by atoms with Gasteiger partial charge in [-0.3, -0.25) is 0 Å². The SMILES string of the molecule is Cc1ccc(NCCNc2nc(C)c(C)c(C)n2)nc1C. The third kappa shape index (κ3) is 3.90. The van der Waals surface area contributed by atoms with E-state index in [1.54, 1.807) is 0 Å². The second kappa shape index (κ2) is 6.52. The summed E-state index contributed by atoms with van der Waals surface area (Å²) in [6.07, 6.45) is 0. The molecule has 0 aliphatic rings. The smallest absolute Gasteiger partial charge is 0.223 e. The minimum absolute atomic E-state index is 0.686. The highest BCUT2D eigenvalue weighted by molar-refractivity contribution is 5.38. The maximum Gasteiger partial charge on any atom is 0.223 e. The van der Waals surface area contributed by atoms with Crippen LogP contribution in [0.15, 0.2) is 12.1 Å². The van der Waals surface area contributed by atoms with E-state index in [2.05, 4.69) is 38.6 Å². The average Bonchev–Trinajstić information content (AvgIpc) is 2.44. The summed E-state index contributed by atoms with van der Waals surface area (Å²) < 4.78 is 0. The molecule has 0 saturated carbocycles. The molecule has 0 saturated heterocycles. The van der Waals surface area contributed by atoms with Gasteiger partial charge >= 0.3 is 0 Å². The Morgan fingerprint density at radius 1 is 0.762 bits per heavy atom. The van der Waals surface area contributed by atoms with Crippen molar-refractivity contribution in [3.8, 4) is 0 Å². The van der Waals surface area contributed by atoms with E-state index in [1.165, 1.54) is 5.56 Å². The largest absolute Gasteiger partial charge is 0.368 e. The van der Waals surface area contributed by atoms with Crippen LogP contribution in [-0.4, -0.2) is 28.0 Å². The second-order valence-electron chi connectivity index (χ2n) is 5.30. The highest BCUT2D eigenvalue weighted by Crippen LogP contribution is 2.11. The van der Waals surface area contributed by atoms with Crippen LogP contribution in [0.1, 0.15) is 28.2 Å². The standard InChI is InChI=1S/C16H23N5/c1-10-6-7-15(19-12(10)3)17-8-9-18-16-20-13(4)11(2)14(5)21-16/h6-7H,8-9H2,1-5H3,(H,17,19)(H,18,20,21). The van der Waals surface area contributed by atoms with Gasteiger partial charge < -0.3 is 10.6 Å². The topological polar surface area (TPSA) is 62.7 Å². The zero-order valence-corrected chi connectivity index (χ0v) is 13.4. The first-order chi connectivity index (χ1) is 9.97. The molecule has 2 N–H and O–H groups in total. The van der Waals surface area contributed by atoms with Crippen molar-refractivity contribution in [2.24, 2.45) is 0 Å². The van der Waals surface area contributed by atoms with E-state index in [1.807, 2.05) is 33.8 Å². The molecule has 2 heterocycles. The fraction of sp³-hybridized carbons (Fsp3) is 0.438. The first kappa shape index (κ1) is 15.2. The number of aromatic nitrogens is 3. The van der Waals surface area contributed by atoms with E-state index < -0.39 is 0 Å². The lowest BCUT2D eigenvalue weighted by molar-refractivity contribution is 0.967. The van der Waals surface area contributed by atoms with Gasteiger partial charge in [-0.2, -0.15) is 0 Å². The van der Waals surface area contributed by atoms with Crippen molar-refractivity contribution in [1.82, 2.24) is 15.0 Å². The Balaban J connectivity index is 1.86. The third-order valence-electron chi connectivity index (χ3n) is 3.70. The first-order valence-corrected chi connectivity index (χ1v) is 7.21. The zero-order valence-electron chi connectivity index (χ0n) is 13.4. The van der Waals surface area contributed by atoms with Gasteiger partial charge in [-0.1, -0.05) is 6.07 Å². The minimum Gasteiger partial charge on any atom is -0.368 e. The summed E-state index contributed by atoms with van der Waals surface area (Å²) in [5, 5.41) is 6.53. The van der Waals surface area contributed by atoms with E-state index in [9.17, 15) is 0 Å². The molecule has 21 heavy (non-hydrogen) atoms. The highest BCUT2D eigenvalue weighted by Gasteiger charge is 2.03. The van der Waals surface area contributed by atoms with Gasteiger partial charge in [0, 0.05) is 30.2 Å². The van der Waals surface area contributed by atoms with E-state index >= 15 is 0 Å². The molecule has 112 valence electrons. The van der Waals surface area contributed by atoms with Crippen molar-refractivity contribution in [2.75, 3.05) is 23.7 Å². The molecule has 0 amide bonds. The van der Waals surface area contributed by atoms with Crippen LogP contribution in [0.3, 0.4) is 0 Å². The van der Waals surface area contributed by atoms with E-state index in [0.717, 1.165) is 41.6 Å². The van der Waals surface area contributed by atoms with Gasteiger partial charge in [-0.05, 0) is 51.8 Å². The van der Waals surface area contributed by atoms with Crippen LogP contribution in [0.25, 0.3) is 0 Å². The van der Waals surface area contributed by atoms with Crippen LogP contribution in [0.2, 0.25) is 0 Å². The maximum atomic E-state index is 4.49. The average molecular weight is 285 g/mol. The number of hydrogen-bond donors (Lipinski definition) is 2. The molecule has 2 rings (SSSR count). The van der Waals surface area contributed by atoms with Gasteiger partial charge in [-0.15, -0.1) is 0 Å². The van der Waals surface area contributed by atoms with E-state index in [-0.39, 0.29) is 0 Å². The number of rotatable bonds is 5. The van der Waals surface area contributed by atoms with Crippen LogP contribution in [0.5, 0.6) is 0 Å². The van der Waals surface area contributed by atoms with Crippen LogP contribution in [0, 0.1) is 34.6 Å². The molecule has 0 radical (unpaired) electrons. The quantitative estimate of drug-likeness (QED) is 0.827. The maximum absolute atomic E-state index is 4.49. The summed E-state index contributed by atoms with van der Waals surface area (Å²) >= 11 is 0. The van der Waals surface area contributed by atoms with Gasteiger partial charge in [0.15, 0.2) is 0 Å². The van der Waals surface area contributed by atoms with Gasteiger partial charge in [-0.25, -0.2) is 15.0 Å². The Bertz CT molecular complexity index is 614. The van der Waals surface area contributed by atoms with Crippen molar-refractivity contribution in [1.29, 1.82) is 0 Å². The molecule has 2 aromatic rings. The predicted molar refractivity (Wildman–Crippen MR) is 86.9 cm³/mol. The number of aryl methyl sites for hydroxylation is 4. The van der Waals surface area contributed by atoms with Crippen LogP contribution in [-0.2, 0) is 0 Å². The van der Waals surface area contributed by atoms with Crippen molar-refractivity contribution >= 4 is 11.8 Å². The summed E-state index contributed by atoms with van der Waals surface area (Å²) in [5.41, 5.74) is 5.46. The van der Waals surface area contributed by atoms with Gasteiger partial charge in [0.2, 0.25) is 5.95 Å². The fourth-order valence-corrected chi connectivity index (χ4v) is 1.95. The monoisotopic (exact) mass is 285 g/mol. The highest BCUT2D eigenvalue weighted by atomic mass is 15.1. The molecule has 0 unspecified atom stereocenters. The Hall–Kier alpha value is -2.17. The molecule has 0 bridgehead atoms. The fourth-order valence-electron chi connectivity index (χ4n) is 1.95. The molecule has 0 fully saturated rings. The van der Waals surface area contributed by atoms with E-state index in [0.29, 0.717) is 5.95 Å². The van der Waals surface area contributed by atoms with Crippen LogP contribution in [0.4, 0.5) is 11.8 Å². The summed E-state index contributed by atoms with van der Waals surface area (Å²) in [5.74, 6) is 1.59. The third-order valence-corrected chi connectivity index (χ3v) is 3.70. The molecule has 0 aromatic carbocycles. The van der Waals surface area contributed by atoms with Crippen molar-refractivity contribution in [3.05, 3.63) is 40.3 Å². The normalized spacial score (nSPS) is 10.5. The second-order valence-corrected chi connectivity index (χ2v) is 5.30. The summed E-state index contributed by atoms with van der Waals surface area (Å²) in [6.45, 7) is 11.7. The Kier molecular flexibility index (Phi) is 4.73. The molecule has 5 heteroatoms. The number of hydrogen-bond acceptors (Lipinski definition) is 5. The Labute approximate surface area is 126 Å². The number of nitrogens with zero attached hydrogens (tertiary/aromatic N) is 3. The molecule has 0 aliphatic heterocycles. The molecule has 0 aliphatic carbocycles. The van der Waals surface area contributed by atoms with Gasteiger partial charge in [0.05, 0.1) is 0 Å². The lowest BCUT2D eigenvalue weighted by Gasteiger charge is -2.10. The predicted octanol–water partition coefficient (Wildman–Crippen LogP) is 2.94.